The number of urea groups is 1. The second-order valence-corrected chi connectivity index (χ2v) is 9.62. The van der Waals surface area contributed by atoms with Crippen molar-refractivity contribution in [3.63, 3.8) is 0 Å². The molecule has 3 rings (SSSR count). The molecule has 148 valence electrons. The molecule has 2 fully saturated rings. The Labute approximate surface area is 159 Å². The summed E-state index contributed by atoms with van der Waals surface area (Å²) in [5.74, 6) is -0.372. The number of ether oxygens (including phenoxy) is 1. The van der Waals surface area contributed by atoms with E-state index in [2.05, 4.69) is 0 Å². The van der Waals surface area contributed by atoms with Crippen LogP contribution in [0.3, 0.4) is 0 Å². The zero-order chi connectivity index (χ0) is 19.8. The van der Waals surface area contributed by atoms with Crippen LogP contribution >= 0.6 is 0 Å². The summed E-state index contributed by atoms with van der Waals surface area (Å²) in [5.41, 5.74) is -0.496. The van der Waals surface area contributed by atoms with Crippen LogP contribution in [0.1, 0.15) is 13.8 Å². The van der Waals surface area contributed by atoms with E-state index in [1.165, 1.54) is 28.4 Å². The molecular formula is C18H25N3O5S. The summed E-state index contributed by atoms with van der Waals surface area (Å²) in [4.78, 5) is 28.4. The lowest BCUT2D eigenvalue weighted by Crippen LogP contribution is -2.44. The maximum atomic E-state index is 13.1. The van der Waals surface area contributed by atoms with Gasteiger partial charge in [-0.05, 0) is 17.5 Å². The molecule has 8 nitrogen and oxygen atoms in total. The number of fused-ring (bicyclic) bond motifs is 1. The van der Waals surface area contributed by atoms with Crippen LogP contribution in [0, 0.1) is 5.41 Å². The van der Waals surface area contributed by atoms with Gasteiger partial charge in [-0.25, -0.2) is 13.2 Å². The van der Waals surface area contributed by atoms with Crippen LogP contribution in [-0.4, -0.2) is 80.4 Å². The number of methoxy groups -OCH3 is 1. The van der Waals surface area contributed by atoms with Crippen molar-refractivity contribution in [1.82, 2.24) is 14.1 Å². The van der Waals surface area contributed by atoms with Crippen LogP contribution in [0.2, 0.25) is 0 Å². The summed E-state index contributed by atoms with van der Waals surface area (Å²) in [5, 5.41) is 0. The number of hydrogen-bond acceptors (Lipinski definition) is 5. The standard InChI is InChI=1S/C18H25N3O5S/c1-18(2)12-19(27(24,25)14-7-5-4-6-8-14)11-15-16(22)20(9-10-26-3)17(23)21(15)13-18/h4-8,15H,9-13H2,1-3H3. The number of rotatable bonds is 5. The summed E-state index contributed by atoms with van der Waals surface area (Å²) in [6.45, 7) is 4.70. The number of sulfonamides is 1. The van der Waals surface area contributed by atoms with Gasteiger partial charge < -0.3 is 9.64 Å². The third-order valence-corrected chi connectivity index (χ3v) is 6.71. The van der Waals surface area contributed by atoms with E-state index in [0.29, 0.717) is 6.54 Å². The average Bonchev–Trinajstić information content (AvgIpc) is 2.76. The molecule has 0 bridgehead atoms. The Bertz CT molecular complexity index is 825. The van der Waals surface area contributed by atoms with Gasteiger partial charge in [-0.2, -0.15) is 4.31 Å². The molecule has 0 radical (unpaired) electrons. The highest BCUT2D eigenvalue weighted by Crippen LogP contribution is 2.32. The van der Waals surface area contributed by atoms with E-state index in [4.69, 9.17) is 4.74 Å². The fraction of sp³-hybridized carbons (Fsp3) is 0.556. The molecule has 0 spiro atoms. The van der Waals surface area contributed by atoms with Gasteiger partial charge in [0.2, 0.25) is 10.0 Å². The minimum atomic E-state index is -3.77. The Kier molecular flexibility index (Phi) is 5.29. The molecule has 27 heavy (non-hydrogen) atoms. The van der Waals surface area contributed by atoms with Crippen molar-refractivity contribution in [2.75, 3.05) is 39.9 Å². The zero-order valence-electron chi connectivity index (χ0n) is 15.8. The number of nitrogens with zero attached hydrogens (tertiary/aromatic N) is 3. The van der Waals surface area contributed by atoms with E-state index in [-0.39, 0.29) is 43.1 Å². The molecule has 2 aliphatic rings. The van der Waals surface area contributed by atoms with Gasteiger partial charge in [0.05, 0.1) is 18.0 Å². The van der Waals surface area contributed by atoms with Gasteiger partial charge in [-0.3, -0.25) is 9.69 Å². The third kappa shape index (κ3) is 3.71. The summed E-state index contributed by atoms with van der Waals surface area (Å²) >= 11 is 0. The number of carbonyl (C=O) groups is 2. The molecule has 1 atom stereocenters. The van der Waals surface area contributed by atoms with E-state index in [0.717, 1.165) is 4.90 Å². The fourth-order valence-corrected chi connectivity index (χ4v) is 5.27. The van der Waals surface area contributed by atoms with Gasteiger partial charge in [0.1, 0.15) is 6.04 Å². The Balaban J connectivity index is 1.94. The SMILES string of the molecule is COCCN1C(=O)C2CN(S(=O)(=O)c3ccccc3)CC(C)(C)CN2C1=O. The van der Waals surface area contributed by atoms with E-state index in [1.807, 2.05) is 13.8 Å². The van der Waals surface area contributed by atoms with Crippen LogP contribution in [0.25, 0.3) is 0 Å². The molecule has 1 aromatic rings. The zero-order valence-corrected chi connectivity index (χ0v) is 16.6. The molecule has 0 aromatic heterocycles. The van der Waals surface area contributed by atoms with E-state index in [1.54, 1.807) is 18.2 Å². The molecule has 0 saturated carbocycles. The lowest BCUT2D eigenvalue weighted by Gasteiger charge is -2.30. The van der Waals surface area contributed by atoms with E-state index < -0.39 is 21.5 Å². The molecule has 2 heterocycles. The summed E-state index contributed by atoms with van der Waals surface area (Å²) in [6, 6.07) is 6.97. The molecule has 1 aromatic carbocycles. The normalized spacial score (nSPS) is 23.4. The summed E-state index contributed by atoms with van der Waals surface area (Å²) in [6.07, 6.45) is 0. The minimum Gasteiger partial charge on any atom is -0.383 e. The number of imide groups is 1. The molecule has 2 saturated heterocycles. The van der Waals surface area contributed by atoms with Crippen molar-refractivity contribution < 1.29 is 22.7 Å². The van der Waals surface area contributed by atoms with Crippen LogP contribution in [0.15, 0.2) is 35.2 Å². The van der Waals surface area contributed by atoms with E-state index in [9.17, 15) is 18.0 Å². The van der Waals surface area contributed by atoms with Crippen LogP contribution in [0.5, 0.6) is 0 Å². The Morgan fingerprint density at radius 2 is 1.81 bits per heavy atom. The maximum Gasteiger partial charge on any atom is 0.327 e. The Morgan fingerprint density at radius 1 is 1.15 bits per heavy atom. The smallest absolute Gasteiger partial charge is 0.327 e. The summed E-state index contributed by atoms with van der Waals surface area (Å²) < 4.78 is 32.6. The number of amides is 3. The van der Waals surface area contributed by atoms with Crippen molar-refractivity contribution in [3.05, 3.63) is 30.3 Å². The van der Waals surface area contributed by atoms with Gasteiger partial charge in [0.25, 0.3) is 5.91 Å². The first kappa shape index (κ1) is 19.8. The van der Waals surface area contributed by atoms with Crippen LogP contribution in [-0.2, 0) is 19.6 Å². The fourth-order valence-electron chi connectivity index (χ4n) is 3.61. The van der Waals surface area contributed by atoms with Crippen LogP contribution < -0.4 is 0 Å². The largest absolute Gasteiger partial charge is 0.383 e. The molecule has 3 amide bonds. The van der Waals surface area contributed by atoms with Gasteiger partial charge in [0, 0.05) is 26.7 Å². The molecule has 9 heteroatoms. The molecule has 0 N–H and O–H groups in total. The quantitative estimate of drug-likeness (QED) is 0.694. The first-order chi connectivity index (χ1) is 12.7. The highest BCUT2D eigenvalue weighted by Gasteiger charge is 2.51. The molecule has 2 aliphatic heterocycles. The molecular weight excluding hydrogens is 370 g/mol. The molecule has 1 unspecified atom stereocenters. The lowest BCUT2D eigenvalue weighted by atomic mass is 9.93. The lowest BCUT2D eigenvalue weighted by molar-refractivity contribution is -0.128. The highest BCUT2D eigenvalue weighted by atomic mass is 32.2. The first-order valence-electron chi connectivity index (χ1n) is 8.83. The Morgan fingerprint density at radius 3 is 2.44 bits per heavy atom. The van der Waals surface area contributed by atoms with Crippen LogP contribution in [0.4, 0.5) is 4.79 Å². The topological polar surface area (TPSA) is 87.2 Å². The predicted octanol–water partition coefficient (Wildman–Crippen LogP) is 0.996. The van der Waals surface area contributed by atoms with Gasteiger partial charge in [0.15, 0.2) is 0 Å². The minimum absolute atomic E-state index is 0.0469. The third-order valence-electron chi connectivity index (χ3n) is 4.88. The average molecular weight is 395 g/mol. The van der Waals surface area contributed by atoms with Crippen molar-refractivity contribution in [2.24, 2.45) is 5.41 Å². The van der Waals surface area contributed by atoms with Crippen molar-refractivity contribution in [2.45, 2.75) is 24.8 Å². The van der Waals surface area contributed by atoms with Gasteiger partial charge in [-0.1, -0.05) is 32.0 Å². The predicted molar refractivity (Wildman–Crippen MR) is 98.5 cm³/mol. The second-order valence-electron chi connectivity index (χ2n) is 7.68. The maximum absolute atomic E-state index is 13.1. The monoisotopic (exact) mass is 395 g/mol. The van der Waals surface area contributed by atoms with Crippen molar-refractivity contribution in [1.29, 1.82) is 0 Å². The van der Waals surface area contributed by atoms with Gasteiger partial charge in [-0.15, -0.1) is 0 Å². The molecule has 0 aliphatic carbocycles. The number of hydrogen-bond donors (Lipinski definition) is 0. The highest BCUT2D eigenvalue weighted by molar-refractivity contribution is 7.89. The summed E-state index contributed by atoms with van der Waals surface area (Å²) in [7, 11) is -2.27. The first-order valence-corrected chi connectivity index (χ1v) is 10.3. The van der Waals surface area contributed by atoms with Crippen molar-refractivity contribution in [3.8, 4) is 0 Å². The Hall–Kier alpha value is -1.97. The van der Waals surface area contributed by atoms with E-state index >= 15 is 0 Å². The second kappa shape index (κ2) is 7.21. The number of carbonyl (C=O) groups excluding carboxylic acids is 2. The number of benzene rings is 1. The van der Waals surface area contributed by atoms with Crippen molar-refractivity contribution >= 4 is 22.0 Å². The van der Waals surface area contributed by atoms with Gasteiger partial charge >= 0.3 is 6.03 Å².